The van der Waals surface area contributed by atoms with Crippen molar-refractivity contribution in [3.05, 3.63) is 12.0 Å². The van der Waals surface area contributed by atoms with Gasteiger partial charge >= 0.3 is 0 Å². The van der Waals surface area contributed by atoms with E-state index in [9.17, 15) is 9.18 Å². The van der Waals surface area contributed by atoms with Crippen molar-refractivity contribution < 1.29 is 9.18 Å². The molecule has 0 spiro atoms. The number of nitrogens with zero attached hydrogens (tertiary/aromatic N) is 3. The first kappa shape index (κ1) is 7.02. The molecule has 4 nitrogen and oxygen atoms in total. The molecule has 12 heavy (non-hydrogen) atoms. The fourth-order valence-electron chi connectivity index (χ4n) is 1.01. The lowest BCUT2D eigenvalue weighted by atomic mass is 10.0. The molecule has 0 saturated heterocycles. The first-order valence-electron chi connectivity index (χ1n) is 3.33. The van der Waals surface area contributed by atoms with Crippen LogP contribution in [0.1, 0.15) is 0 Å². The minimum Gasteiger partial charge on any atom is -0.271 e. The Bertz CT molecular complexity index is 354. The first-order chi connectivity index (χ1) is 5.77. The van der Waals surface area contributed by atoms with E-state index >= 15 is 0 Å². The molecule has 1 amide bonds. The molecule has 0 fully saturated rings. The molecule has 0 N–H and O–H groups in total. The number of allylic oxidation sites excluding steroid dienone is 1. The number of rotatable bonds is 0. The van der Waals surface area contributed by atoms with Crippen molar-refractivity contribution in [2.45, 2.75) is 0 Å². The summed E-state index contributed by atoms with van der Waals surface area (Å²) in [5.41, 5.74) is 0.363. The van der Waals surface area contributed by atoms with E-state index in [-0.39, 0.29) is 5.91 Å². The quantitative estimate of drug-likeness (QED) is 0.482. The van der Waals surface area contributed by atoms with Crippen LogP contribution in [0, 0.1) is 5.92 Å². The lowest BCUT2D eigenvalue weighted by Crippen LogP contribution is -2.27. The van der Waals surface area contributed by atoms with Crippen molar-refractivity contribution in [1.82, 2.24) is 0 Å². The van der Waals surface area contributed by atoms with Gasteiger partial charge in [-0.3, -0.25) is 4.79 Å². The van der Waals surface area contributed by atoms with Crippen LogP contribution in [0.25, 0.3) is 0 Å². The van der Waals surface area contributed by atoms with Crippen LogP contribution in [0.2, 0.25) is 0 Å². The third-order valence-electron chi connectivity index (χ3n) is 1.59. The maximum Gasteiger partial charge on any atom is 0.261 e. The van der Waals surface area contributed by atoms with E-state index in [0.717, 1.165) is 12.4 Å². The molecule has 0 saturated carbocycles. The molecule has 0 aromatic carbocycles. The number of aliphatic imine (C=N–C) groups is 3. The number of amides is 1. The van der Waals surface area contributed by atoms with Gasteiger partial charge < -0.3 is 0 Å². The van der Waals surface area contributed by atoms with Gasteiger partial charge in [-0.15, -0.1) is 0 Å². The standard InChI is InChI=1S/C7H4FN3O/c8-6-1-5-4(2-9-6)7(12)11-3-10-5/h1-4H. The lowest BCUT2D eigenvalue weighted by molar-refractivity contribution is -0.118. The average molecular weight is 165 g/mol. The molecule has 0 bridgehead atoms. The van der Waals surface area contributed by atoms with Crippen LogP contribution in [0.5, 0.6) is 0 Å². The van der Waals surface area contributed by atoms with Crippen molar-refractivity contribution in [3.8, 4) is 0 Å². The van der Waals surface area contributed by atoms with Crippen LogP contribution in [0.15, 0.2) is 27.0 Å². The summed E-state index contributed by atoms with van der Waals surface area (Å²) >= 11 is 0. The van der Waals surface area contributed by atoms with Crippen molar-refractivity contribution in [2.24, 2.45) is 20.9 Å². The summed E-state index contributed by atoms with van der Waals surface area (Å²) in [6.07, 6.45) is 3.47. The lowest BCUT2D eigenvalue weighted by Gasteiger charge is -2.13. The van der Waals surface area contributed by atoms with Crippen molar-refractivity contribution in [1.29, 1.82) is 0 Å². The Balaban J connectivity index is 2.43. The molecular weight excluding hydrogens is 161 g/mol. The summed E-state index contributed by atoms with van der Waals surface area (Å²) in [5.74, 6) is -1.57. The van der Waals surface area contributed by atoms with E-state index in [2.05, 4.69) is 15.0 Å². The Kier molecular flexibility index (Phi) is 1.43. The van der Waals surface area contributed by atoms with Gasteiger partial charge in [0.25, 0.3) is 5.91 Å². The highest BCUT2D eigenvalue weighted by molar-refractivity contribution is 6.25. The molecule has 0 aliphatic carbocycles. The Morgan fingerprint density at radius 3 is 3.08 bits per heavy atom. The van der Waals surface area contributed by atoms with Gasteiger partial charge in [0.2, 0.25) is 5.95 Å². The zero-order valence-electron chi connectivity index (χ0n) is 5.94. The zero-order valence-corrected chi connectivity index (χ0v) is 5.94. The molecule has 1 unspecified atom stereocenters. The van der Waals surface area contributed by atoms with E-state index in [0.29, 0.717) is 5.71 Å². The van der Waals surface area contributed by atoms with Crippen LogP contribution in [-0.4, -0.2) is 24.2 Å². The number of carbonyl (C=O) groups excluding carboxylic acids is 1. The number of carbonyl (C=O) groups is 1. The third-order valence-corrected chi connectivity index (χ3v) is 1.59. The van der Waals surface area contributed by atoms with Gasteiger partial charge in [0.15, 0.2) is 0 Å². The van der Waals surface area contributed by atoms with Gasteiger partial charge in [-0.1, -0.05) is 0 Å². The van der Waals surface area contributed by atoms with E-state index < -0.39 is 11.9 Å². The molecule has 5 heteroatoms. The van der Waals surface area contributed by atoms with Gasteiger partial charge in [0.05, 0.1) is 5.71 Å². The van der Waals surface area contributed by atoms with E-state index in [1.165, 1.54) is 6.21 Å². The van der Waals surface area contributed by atoms with Crippen molar-refractivity contribution in [3.63, 3.8) is 0 Å². The van der Waals surface area contributed by atoms with Crippen LogP contribution < -0.4 is 0 Å². The molecule has 0 aromatic heterocycles. The molecule has 2 aliphatic rings. The monoisotopic (exact) mass is 165 g/mol. The summed E-state index contributed by atoms with van der Waals surface area (Å²) in [6.45, 7) is 0. The van der Waals surface area contributed by atoms with Crippen molar-refractivity contribution >= 4 is 24.2 Å². The first-order valence-corrected chi connectivity index (χ1v) is 3.33. The van der Waals surface area contributed by atoms with Gasteiger partial charge in [0, 0.05) is 12.3 Å². The highest BCUT2D eigenvalue weighted by Gasteiger charge is 2.25. The summed E-state index contributed by atoms with van der Waals surface area (Å²) < 4.78 is 12.5. The second-order valence-corrected chi connectivity index (χ2v) is 2.36. The fraction of sp³-hybridized carbons (Fsp3) is 0.143. The highest BCUT2D eigenvalue weighted by Crippen LogP contribution is 2.14. The number of hydrogen-bond donors (Lipinski definition) is 0. The number of hydrogen-bond acceptors (Lipinski definition) is 3. The normalized spacial score (nSPS) is 26.4. The second-order valence-electron chi connectivity index (χ2n) is 2.36. The minimum absolute atomic E-state index is 0.354. The number of fused-ring (bicyclic) bond motifs is 1. The Morgan fingerprint density at radius 1 is 1.42 bits per heavy atom. The van der Waals surface area contributed by atoms with E-state index in [1.807, 2.05) is 0 Å². The summed E-state index contributed by atoms with van der Waals surface area (Å²) in [7, 11) is 0. The highest BCUT2D eigenvalue weighted by atomic mass is 19.1. The summed E-state index contributed by atoms with van der Waals surface area (Å²) in [4.78, 5) is 21.6. The van der Waals surface area contributed by atoms with Crippen LogP contribution >= 0.6 is 0 Å². The fourth-order valence-corrected chi connectivity index (χ4v) is 1.01. The van der Waals surface area contributed by atoms with Gasteiger partial charge in [0.1, 0.15) is 12.3 Å². The Morgan fingerprint density at radius 2 is 2.25 bits per heavy atom. The van der Waals surface area contributed by atoms with Crippen LogP contribution in [0.4, 0.5) is 4.39 Å². The largest absolute Gasteiger partial charge is 0.271 e. The minimum atomic E-state index is -0.631. The molecule has 2 aliphatic heterocycles. The summed E-state index contributed by atoms with van der Waals surface area (Å²) in [6, 6.07) is 0. The molecule has 2 heterocycles. The average Bonchev–Trinajstić information content (AvgIpc) is 2.04. The second kappa shape index (κ2) is 2.44. The van der Waals surface area contributed by atoms with Crippen molar-refractivity contribution in [2.75, 3.05) is 0 Å². The van der Waals surface area contributed by atoms with Gasteiger partial charge in [-0.25, -0.2) is 15.0 Å². The summed E-state index contributed by atoms with van der Waals surface area (Å²) in [5, 5.41) is 0. The predicted octanol–water partition coefficient (Wildman–Crippen LogP) is 0.507. The van der Waals surface area contributed by atoms with Crippen LogP contribution in [-0.2, 0) is 4.79 Å². The molecule has 0 aromatic rings. The SMILES string of the molecule is O=C1N=CN=C2C=C(F)N=CC12. The molecule has 1 atom stereocenters. The topological polar surface area (TPSA) is 54.1 Å². The Hall–Kier alpha value is -1.65. The van der Waals surface area contributed by atoms with Gasteiger partial charge in [-0.2, -0.15) is 4.39 Å². The molecule has 0 radical (unpaired) electrons. The maximum atomic E-state index is 12.5. The smallest absolute Gasteiger partial charge is 0.261 e. The van der Waals surface area contributed by atoms with Crippen LogP contribution in [0.3, 0.4) is 0 Å². The predicted molar refractivity (Wildman–Crippen MR) is 42.1 cm³/mol. The van der Waals surface area contributed by atoms with Gasteiger partial charge in [-0.05, 0) is 0 Å². The molecule has 60 valence electrons. The van der Waals surface area contributed by atoms with E-state index in [4.69, 9.17) is 0 Å². The number of halogens is 1. The Labute approximate surface area is 67.2 Å². The zero-order chi connectivity index (χ0) is 8.55. The maximum absolute atomic E-state index is 12.5. The third kappa shape index (κ3) is 0.990. The molecular formula is C7H4FN3O. The van der Waals surface area contributed by atoms with E-state index in [1.54, 1.807) is 0 Å². The molecule has 2 rings (SSSR count).